The van der Waals surface area contributed by atoms with Gasteiger partial charge in [0.2, 0.25) is 5.91 Å². The number of anilines is 1. The number of benzene rings is 1. The fourth-order valence-corrected chi connectivity index (χ4v) is 1.96. The normalized spacial score (nSPS) is 10.0. The molecule has 1 aromatic rings. The molecule has 0 unspecified atom stereocenters. The van der Waals surface area contributed by atoms with Crippen LogP contribution >= 0.6 is 11.8 Å². The summed E-state index contributed by atoms with van der Waals surface area (Å²) in [6, 6.07) is 7.24. The van der Waals surface area contributed by atoms with Crippen LogP contribution < -0.4 is 10.1 Å². The maximum absolute atomic E-state index is 11.5. The van der Waals surface area contributed by atoms with Crippen LogP contribution in [0.15, 0.2) is 24.3 Å². The van der Waals surface area contributed by atoms with Crippen LogP contribution in [0, 0.1) is 0 Å². The lowest BCUT2D eigenvalue weighted by atomic mass is 10.3. The number of rotatable bonds is 7. The molecule has 0 saturated heterocycles. The van der Waals surface area contributed by atoms with Crippen LogP contribution in [0.4, 0.5) is 5.69 Å². The number of ether oxygens (including phenoxy) is 1. The van der Waals surface area contributed by atoms with E-state index >= 15 is 0 Å². The Morgan fingerprint density at radius 2 is 2.35 bits per heavy atom. The Hall–Kier alpha value is -1.20. The van der Waals surface area contributed by atoms with Gasteiger partial charge < -0.3 is 15.2 Å². The molecule has 0 fully saturated rings. The van der Waals surface area contributed by atoms with Crippen LogP contribution in [0.1, 0.15) is 6.42 Å². The van der Waals surface area contributed by atoms with Gasteiger partial charge in [0.25, 0.3) is 0 Å². The number of carbonyl (C=O) groups excluding carboxylic acids is 1. The smallest absolute Gasteiger partial charge is 0.234 e. The van der Waals surface area contributed by atoms with Gasteiger partial charge >= 0.3 is 0 Å². The third kappa shape index (κ3) is 5.60. The lowest BCUT2D eigenvalue weighted by Crippen LogP contribution is -2.14. The zero-order valence-electron chi connectivity index (χ0n) is 9.81. The highest BCUT2D eigenvalue weighted by molar-refractivity contribution is 7.99. The molecule has 0 heterocycles. The van der Waals surface area contributed by atoms with Gasteiger partial charge in [-0.3, -0.25) is 4.79 Å². The minimum atomic E-state index is -0.0406. The van der Waals surface area contributed by atoms with E-state index in [-0.39, 0.29) is 12.5 Å². The van der Waals surface area contributed by atoms with E-state index in [4.69, 9.17) is 9.84 Å². The van der Waals surface area contributed by atoms with Crippen molar-refractivity contribution in [1.29, 1.82) is 0 Å². The molecule has 1 aromatic carbocycles. The molecular weight excluding hydrogens is 238 g/mol. The van der Waals surface area contributed by atoms with Crippen LogP contribution in [-0.4, -0.2) is 36.2 Å². The predicted octanol–water partition coefficient (Wildman–Crippen LogP) is 1.75. The minimum Gasteiger partial charge on any atom is -0.497 e. The summed E-state index contributed by atoms with van der Waals surface area (Å²) in [5, 5.41) is 11.4. The first kappa shape index (κ1) is 13.9. The second-order valence-corrected chi connectivity index (χ2v) is 4.52. The van der Waals surface area contributed by atoms with Crippen molar-refractivity contribution >= 4 is 23.4 Å². The molecular formula is C12H17NO3S. The number of methoxy groups -OCH3 is 1. The molecule has 0 aliphatic rings. The van der Waals surface area contributed by atoms with Crippen molar-refractivity contribution in [3.63, 3.8) is 0 Å². The van der Waals surface area contributed by atoms with Crippen molar-refractivity contribution in [2.75, 3.05) is 30.5 Å². The summed E-state index contributed by atoms with van der Waals surface area (Å²) < 4.78 is 5.07. The second kappa shape index (κ2) is 7.97. The molecule has 0 aliphatic carbocycles. The number of aliphatic hydroxyl groups excluding tert-OH is 1. The van der Waals surface area contributed by atoms with Gasteiger partial charge in [-0.05, 0) is 24.3 Å². The Morgan fingerprint density at radius 3 is 3.06 bits per heavy atom. The largest absolute Gasteiger partial charge is 0.497 e. The first-order valence-corrected chi connectivity index (χ1v) is 6.54. The lowest BCUT2D eigenvalue weighted by molar-refractivity contribution is -0.113. The zero-order valence-corrected chi connectivity index (χ0v) is 10.6. The second-order valence-electron chi connectivity index (χ2n) is 3.41. The highest BCUT2D eigenvalue weighted by Gasteiger charge is 2.03. The molecule has 1 amide bonds. The average molecular weight is 255 g/mol. The molecule has 5 heteroatoms. The van der Waals surface area contributed by atoms with Crippen LogP contribution in [0.25, 0.3) is 0 Å². The molecule has 2 N–H and O–H groups in total. The SMILES string of the molecule is COc1cccc(NC(=O)CSCCCO)c1. The van der Waals surface area contributed by atoms with E-state index in [2.05, 4.69) is 5.32 Å². The molecule has 94 valence electrons. The van der Waals surface area contributed by atoms with E-state index in [1.165, 1.54) is 11.8 Å². The highest BCUT2D eigenvalue weighted by Crippen LogP contribution is 2.16. The monoisotopic (exact) mass is 255 g/mol. The standard InChI is InChI=1S/C12H17NO3S/c1-16-11-5-2-4-10(8-11)13-12(15)9-17-7-3-6-14/h2,4-5,8,14H,3,6-7,9H2,1H3,(H,13,15). The van der Waals surface area contributed by atoms with Crippen LogP contribution in [0.5, 0.6) is 5.75 Å². The van der Waals surface area contributed by atoms with Gasteiger partial charge in [-0.1, -0.05) is 6.07 Å². The van der Waals surface area contributed by atoms with Gasteiger partial charge in [0.05, 0.1) is 12.9 Å². The van der Waals surface area contributed by atoms with Crippen molar-refractivity contribution in [3.8, 4) is 5.75 Å². The first-order chi connectivity index (χ1) is 8.26. The molecule has 0 aliphatic heterocycles. The molecule has 0 radical (unpaired) electrons. The van der Waals surface area contributed by atoms with Crippen LogP contribution in [-0.2, 0) is 4.79 Å². The Morgan fingerprint density at radius 1 is 1.53 bits per heavy atom. The van der Waals surface area contributed by atoms with E-state index in [9.17, 15) is 4.79 Å². The molecule has 0 bridgehead atoms. The Labute approximate surface area is 105 Å². The molecule has 0 spiro atoms. The molecule has 0 saturated carbocycles. The number of aliphatic hydroxyl groups is 1. The number of carbonyl (C=O) groups is 1. The van der Waals surface area contributed by atoms with Crippen molar-refractivity contribution in [2.24, 2.45) is 0 Å². The molecule has 0 aromatic heterocycles. The third-order valence-corrected chi connectivity index (χ3v) is 3.08. The summed E-state index contributed by atoms with van der Waals surface area (Å²) in [7, 11) is 1.59. The topological polar surface area (TPSA) is 58.6 Å². The minimum absolute atomic E-state index is 0.0406. The number of nitrogens with one attached hydrogen (secondary N) is 1. The summed E-state index contributed by atoms with van der Waals surface area (Å²) in [6.07, 6.45) is 0.719. The summed E-state index contributed by atoms with van der Waals surface area (Å²) in [5.74, 6) is 1.87. The Bertz CT molecular complexity index is 357. The molecule has 17 heavy (non-hydrogen) atoms. The molecule has 1 rings (SSSR count). The summed E-state index contributed by atoms with van der Waals surface area (Å²) in [4.78, 5) is 11.5. The zero-order chi connectivity index (χ0) is 12.5. The van der Waals surface area contributed by atoms with Crippen molar-refractivity contribution in [2.45, 2.75) is 6.42 Å². The van der Waals surface area contributed by atoms with Gasteiger partial charge in [0, 0.05) is 18.4 Å². The number of hydrogen-bond acceptors (Lipinski definition) is 4. The summed E-state index contributed by atoms with van der Waals surface area (Å²) in [5.41, 5.74) is 0.733. The maximum Gasteiger partial charge on any atom is 0.234 e. The Balaban J connectivity index is 2.34. The molecule has 4 nitrogen and oxygen atoms in total. The van der Waals surface area contributed by atoms with Crippen molar-refractivity contribution in [1.82, 2.24) is 0 Å². The van der Waals surface area contributed by atoms with E-state index in [0.717, 1.165) is 23.6 Å². The maximum atomic E-state index is 11.5. The number of thioether (sulfide) groups is 1. The predicted molar refractivity (Wildman–Crippen MR) is 70.7 cm³/mol. The van der Waals surface area contributed by atoms with E-state index < -0.39 is 0 Å². The average Bonchev–Trinajstić information content (AvgIpc) is 2.35. The van der Waals surface area contributed by atoms with Crippen LogP contribution in [0.2, 0.25) is 0 Å². The van der Waals surface area contributed by atoms with Gasteiger partial charge in [-0.2, -0.15) is 11.8 Å². The first-order valence-electron chi connectivity index (χ1n) is 5.38. The van der Waals surface area contributed by atoms with E-state index in [1.807, 2.05) is 18.2 Å². The summed E-state index contributed by atoms with van der Waals surface area (Å²) in [6.45, 7) is 0.171. The van der Waals surface area contributed by atoms with Crippen LogP contribution in [0.3, 0.4) is 0 Å². The fraction of sp³-hybridized carbons (Fsp3) is 0.417. The van der Waals surface area contributed by atoms with E-state index in [1.54, 1.807) is 13.2 Å². The lowest BCUT2D eigenvalue weighted by Gasteiger charge is -2.06. The van der Waals surface area contributed by atoms with Crippen molar-refractivity contribution < 1.29 is 14.6 Å². The van der Waals surface area contributed by atoms with E-state index in [0.29, 0.717) is 5.75 Å². The number of amides is 1. The fourth-order valence-electron chi connectivity index (χ4n) is 1.23. The highest BCUT2D eigenvalue weighted by atomic mass is 32.2. The van der Waals surface area contributed by atoms with Gasteiger partial charge in [0.15, 0.2) is 0 Å². The summed E-state index contributed by atoms with van der Waals surface area (Å²) >= 11 is 1.51. The molecule has 0 atom stereocenters. The number of hydrogen-bond donors (Lipinski definition) is 2. The van der Waals surface area contributed by atoms with Crippen molar-refractivity contribution in [3.05, 3.63) is 24.3 Å². The quantitative estimate of drug-likeness (QED) is 0.729. The Kier molecular flexibility index (Phi) is 6.50. The van der Waals surface area contributed by atoms with Gasteiger partial charge in [0.1, 0.15) is 5.75 Å². The van der Waals surface area contributed by atoms with Gasteiger partial charge in [-0.15, -0.1) is 0 Å². The third-order valence-electron chi connectivity index (χ3n) is 2.03. The van der Waals surface area contributed by atoms with Gasteiger partial charge in [-0.25, -0.2) is 0 Å².